The first-order valence-corrected chi connectivity index (χ1v) is 9.16. The number of ketones is 1. The average molecular weight is 310 g/mol. The van der Waals surface area contributed by atoms with Crippen molar-refractivity contribution in [1.82, 2.24) is 4.90 Å². The van der Waals surface area contributed by atoms with Gasteiger partial charge in [-0.05, 0) is 50.2 Å². The van der Waals surface area contributed by atoms with Gasteiger partial charge in [0.25, 0.3) is 0 Å². The van der Waals surface area contributed by atoms with Crippen molar-refractivity contribution < 1.29 is 13.2 Å². The standard InChI is InChI=1S/C15H22N2O3S/c1-21(19,20)16-14-8-6-13(7-9-14)15(18)12-17-10-4-2-3-5-11-17/h6-9,16H,2-5,10-12H2,1H3. The van der Waals surface area contributed by atoms with E-state index in [1.54, 1.807) is 24.3 Å². The van der Waals surface area contributed by atoms with Crippen LogP contribution in [-0.2, 0) is 10.0 Å². The number of benzene rings is 1. The van der Waals surface area contributed by atoms with Gasteiger partial charge < -0.3 is 0 Å². The monoisotopic (exact) mass is 310 g/mol. The summed E-state index contributed by atoms with van der Waals surface area (Å²) in [5.74, 6) is 0.0859. The molecule has 1 aliphatic rings. The molecule has 1 fully saturated rings. The first-order valence-electron chi connectivity index (χ1n) is 7.27. The van der Waals surface area contributed by atoms with E-state index in [4.69, 9.17) is 0 Å². The topological polar surface area (TPSA) is 66.5 Å². The van der Waals surface area contributed by atoms with Crippen LogP contribution < -0.4 is 4.72 Å². The summed E-state index contributed by atoms with van der Waals surface area (Å²) in [6.45, 7) is 2.41. The van der Waals surface area contributed by atoms with Gasteiger partial charge >= 0.3 is 0 Å². The number of nitrogens with one attached hydrogen (secondary N) is 1. The molecule has 0 unspecified atom stereocenters. The summed E-state index contributed by atoms with van der Waals surface area (Å²) in [5, 5.41) is 0. The lowest BCUT2D eigenvalue weighted by Crippen LogP contribution is -2.30. The van der Waals surface area contributed by atoms with Crippen LogP contribution in [0.25, 0.3) is 0 Å². The summed E-state index contributed by atoms with van der Waals surface area (Å²) in [5.41, 5.74) is 1.10. The predicted molar refractivity (Wildman–Crippen MR) is 84.1 cm³/mol. The third-order valence-corrected chi connectivity index (χ3v) is 4.18. The molecule has 1 aliphatic heterocycles. The van der Waals surface area contributed by atoms with Gasteiger partial charge in [-0.3, -0.25) is 14.4 Å². The maximum Gasteiger partial charge on any atom is 0.229 e. The van der Waals surface area contributed by atoms with E-state index in [0.29, 0.717) is 17.8 Å². The fourth-order valence-electron chi connectivity index (χ4n) is 2.53. The zero-order valence-corrected chi connectivity index (χ0v) is 13.2. The zero-order chi connectivity index (χ0) is 15.3. The molecule has 0 aliphatic carbocycles. The van der Waals surface area contributed by atoms with Crippen molar-refractivity contribution in [3.05, 3.63) is 29.8 Å². The first kappa shape index (κ1) is 16.0. The number of sulfonamides is 1. The number of Topliss-reactive ketones (excluding diaryl/α,β-unsaturated/α-hetero) is 1. The largest absolute Gasteiger partial charge is 0.296 e. The van der Waals surface area contributed by atoms with Crippen LogP contribution >= 0.6 is 0 Å². The highest BCUT2D eigenvalue weighted by molar-refractivity contribution is 7.92. The fraction of sp³-hybridized carbons (Fsp3) is 0.533. The Morgan fingerprint density at radius 2 is 1.67 bits per heavy atom. The van der Waals surface area contributed by atoms with Crippen LogP contribution in [-0.4, -0.2) is 45.0 Å². The van der Waals surface area contributed by atoms with Crippen LogP contribution in [0.4, 0.5) is 5.69 Å². The molecular formula is C15H22N2O3S. The number of carbonyl (C=O) groups excluding carboxylic acids is 1. The quantitative estimate of drug-likeness (QED) is 0.846. The van der Waals surface area contributed by atoms with E-state index in [2.05, 4.69) is 9.62 Å². The second kappa shape index (κ2) is 7.04. The lowest BCUT2D eigenvalue weighted by Gasteiger charge is -2.18. The Balaban J connectivity index is 1.96. The van der Waals surface area contributed by atoms with Crippen molar-refractivity contribution in [2.24, 2.45) is 0 Å². The molecule has 0 atom stereocenters. The minimum atomic E-state index is -3.28. The normalized spacial score (nSPS) is 17.2. The number of rotatable bonds is 5. The number of nitrogens with zero attached hydrogens (tertiary/aromatic N) is 1. The molecule has 0 aromatic heterocycles. The molecule has 6 heteroatoms. The molecule has 0 amide bonds. The Bertz CT molecular complexity index is 573. The summed E-state index contributed by atoms with van der Waals surface area (Å²) in [4.78, 5) is 14.4. The Labute approximate surface area is 126 Å². The summed E-state index contributed by atoms with van der Waals surface area (Å²) in [6, 6.07) is 6.59. The van der Waals surface area contributed by atoms with Gasteiger partial charge in [-0.1, -0.05) is 12.8 Å². The summed E-state index contributed by atoms with van der Waals surface area (Å²) < 4.78 is 24.6. The molecule has 1 saturated heterocycles. The van der Waals surface area contributed by atoms with Crippen molar-refractivity contribution in [1.29, 1.82) is 0 Å². The molecule has 0 spiro atoms. The Morgan fingerprint density at radius 3 is 2.19 bits per heavy atom. The maximum atomic E-state index is 12.2. The molecule has 1 aromatic rings. The summed E-state index contributed by atoms with van der Waals surface area (Å²) in [6.07, 6.45) is 5.91. The van der Waals surface area contributed by atoms with Gasteiger partial charge in [0.2, 0.25) is 10.0 Å². The SMILES string of the molecule is CS(=O)(=O)Nc1ccc(C(=O)CN2CCCCCC2)cc1. The van der Waals surface area contributed by atoms with Gasteiger partial charge in [-0.2, -0.15) is 0 Å². The maximum absolute atomic E-state index is 12.2. The van der Waals surface area contributed by atoms with E-state index in [9.17, 15) is 13.2 Å². The number of carbonyl (C=O) groups is 1. The van der Waals surface area contributed by atoms with E-state index in [1.165, 1.54) is 12.8 Å². The second-order valence-corrected chi connectivity index (χ2v) is 7.31. The van der Waals surface area contributed by atoms with Gasteiger partial charge in [0.05, 0.1) is 12.8 Å². The Kier molecular flexibility index (Phi) is 5.36. The van der Waals surface area contributed by atoms with Crippen LogP contribution in [0, 0.1) is 0 Å². The molecular weight excluding hydrogens is 288 g/mol. The van der Waals surface area contributed by atoms with E-state index >= 15 is 0 Å². The zero-order valence-electron chi connectivity index (χ0n) is 12.3. The van der Waals surface area contributed by atoms with Crippen LogP contribution in [0.2, 0.25) is 0 Å². The van der Waals surface area contributed by atoms with Crippen molar-refractivity contribution >= 4 is 21.5 Å². The molecule has 0 bridgehead atoms. The highest BCUT2D eigenvalue weighted by Crippen LogP contribution is 2.14. The van der Waals surface area contributed by atoms with E-state index in [0.717, 1.165) is 32.2 Å². The molecule has 1 aromatic carbocycles. The number of hydrogen-bond acceptors (Lipinski definition) is 4. The first-order chi connectivity index (χ1) is 9.94. The lowest BCUT2D eigenvalue weighted by atomic mass is 10.1. The molecule has 116 valence electrons. The van der Waals surface area contributed by atoms with Crippen molar-refractivity contribution in [3.63, 3.8) is 0 Å². The fourth-order valence-corrected chi connectivity index (χ4v) is 3.09. The molecule has 0 radical (unpaired) electrons. The number of hydrogen-bond donors (Lipinski definition) is 1. The summed E-state index contributed by atoms with van der Waals surface area (Å²) >= 11 is 0. The highest BCUT2D eigenvalue weighted by Gasteiger charge is 2.14. The van der Waals surface area contributed by atoms with Gasteiger partial charge in [0.1, 0.15) is 0 Å². The lowest BCUT2D eigenvalue weighted by molar-refractivity contribution is 0.0933. The van der Waals surface area contributed by atoms with E-state index in [-0.39, 0.29) is 5.78 Å². The van der Waals surface area contributed by atoms with Gasteiger partial charge in [-0.25, -0.2) is 8.42 Å². The van der Waals surface area contributed by atoms with E-state index in [1.807, 2.05) is 0 Å². The van der Waals surface area contributed by atoms with Crippen LogP contribution in [0.15, 0.2) is 24.3 Å². The van der Waals surface area contributed by atoms with Gasteiger partial charge in [0, 0.05) is 11.3 Å². The molecule has 0 saturated carbocycles. The number of likely N-dealkylation sites (tertiary alicyclic amines) is 1. The van der Waals surface area contributed by atoms with Crippen molar-refractivity contribution in [2.75, 3.05) is 30.6 Å². The smallest absolute Gasteiger partial charge is 0.229 e. The summed E-state index contributed by atoms with van der Waals surface area (Å²) in [7, 11) is -3.28. The van der Waals surface area contributed by atoms with Crippen LogP contribution in [0.1, 0.15) is 36.0 Å². The Hall–Kier alpha value is -1.40. The van der Waals surface area contributed by atoms with Crippen LogP contribution in [0.5, 0.6) is 0 Å². The molecule has 21 heavy (non-hydrogen) atoms. The number of anilines is 1. The molecule has 2 rings (SSSR count). The van der Waals surface area contributed by atoms with E-state index < -0.39 is 10.0 Å². The van der Waals surface area contributed by atoms with Gasteiger partial charge in [-0.15, -0.1) is 0 Å². The second-order valence-electron chi connectivity index (χ2n) is 5.57. The predicted octanol–water partition coefficient (Wildman–Crippen LogP) is 2.12. The average Bonchev–Trinajstić information content (AvgIpc) is 2.66. The van der Waals surface area contributed by atoms with Gasteiger partial charge in [0.15, 0.2) is 5.78 Å². The van der Waals surface area contributed by atoms with Crippen LogP contribution in [0.3, 0.4) is 0 Å². The van der Waals surface area contributed by atoms with Crippen molar-refractivity contribution in [2.45, 2.75) is 25.7 Å². The molecule has 1 N–H and O–H groups in total. The molecule has 1 heterocycles. The minimum Gasteiger partial charge on any atom is -0.296 e. The third kappa shape index (κ3) is 5.47. The highest BCUT2D eigenvalue weighted by atomic mass is 32.2. The minimum absolute atomic E-state index is 0.0859. The molecule has 5 nitrogen and oxygen atoms in total. The Morgan fingerprint density at radius 1 is 1.10 bits per heavy atom. The van der Waals surface area contributed by atoms with Crippen molar-refractivity contribution in [3.8, 4) is 0 Å². The third-order valence-electron chi connectivity index (χ3n) is 3.58.